The van der Waals surface area contributed by atoms with Crippen LogP contribution in [0.15, 0.2) is 40.3 Å². The quantitative estimate of drug-likeness (QED) is 0.869. The Bertz CT molecular complexity index is 718. The van der Waals surface area contributed by atoms with E-state index in [1.165, 1.54) is 12.3 Å². The Morgan fingerprint density at radius 2 is 2.22 bits per heavy atom. The number of hydrogen-bond acceptors (Lipinski definition) is 5. The van der Waals surface area contributed by atoms with Crippen LogP contribution in [-0.2, 0) is 21.3 Å². The molecule has 0 spiro atoms. The van der Waals surface area contributed by atoms with Crippen molar-refractivity contribution in [2.45, 2.75) is 37.4 Å². The molecule has 1 saturated heterocycles. The zero-order chi connectivity index (χ0) is 16.3. The van der Waals surface area contributed by atoms with Gasteiger partial charge < -0.3 is 13.7 Å². The van der Waals surface area contributed by atoms with Crippen molar-refractivity contribution in [3.8, 4) is 0 Å². The summed E-state index contributed by atoms with van der Waals surface area (Å²) in [5, 5.41) is -0.0795. The topological polar surface area (TPSA) is 86.4 Å². The molecule has 0 aromatic carbocycles. The molecule has 0 unspecified atom stereocenters. The summed E-state index contributed by atoms with van der Waals surface area (Å²) in [5.74, 6) is 0.871. The molecule has 0 aliphatic carbocycles. The third kappa shape index (κ3) is 3.49. The van der Waals surface area contributed by atoms with Crippen LogP contribution in [0.2, 0.25) is 0 Å². The normalized spacial score (nSPS) is 18.1. The lowest BCUT2D eigenvalue weighted by atomic mass is 9.92. The Morgan fingerprint density at radius 1 is 1.43 bits per heavy atom. The van der Waals surface area contributed by atoms with Crippen molar-refractivity contribution >= 4 is 10.0 Å². The number of aryl methyl sites for hydroxylation is 1. The van der Waals surface area contributed by atoms with E-state index in [-0.39, 0.29) is 11.0 Å². The van der Waals surface area contributed by atoms with Crippen molar-refractivity contribution in [2.24, 2.45) is 5.92 Å². The van der Waals surface area contributed by atoms with Gasteiger partial charge in [-0.25, -0.2) is 13.4 Å². The van der Waals surface area contributed by atoms with Crippen LogP contribution in [0, 0.1) is 5.92 Å². The Labute approximate surface area is 135 Å². The zero-order valence-electron chi connectivity index (χ0n) is 13.0. The standard InChI is InChI=1S/C15H21N3O4S/c1-2-18-8-7-16-15(18)14(12-5-10-21-11-6-12)17-23(19,20)13-4-3-9-22-13/h3-4,7-9,12,14,17H,2,5-6,10-11H2,1H3/t14-/m1/s1. The van der Waals surface area contributed by atoms with Crippen LogP contribution in [0.5, 0.6) is 0 Å². The van der Waals surface area contributed by atoms with E-state index in [1.807, 2.05) is 17.7 Å². The summed E-state index contributed by atoms with van der Waals surface area (Å²) >= 11 is 0. The lowest BCUT2D eigenvalue weighted by Crippen LogP contribution is -2.37. The minimum Gasteiger partial charge on any atom is -0.452 e. The first-order chi connectivity index (χ1) is 11.1. The molecule has 0 amide bonds. The molecular formula is C15H21N3O4S. The van der Waals surface area contributed by atoms with Gasteiger partial charge in [0.25, 0.3) is 10.0 Å². The molecule has 0 radical (unpaired) electrons. The van der Waals surface area contributed by atoms with Crippen LogP contribution < -0.4 is 4.72 Å². The van der Waals surface area contributed by atoms with Crippen molar-refractivity contribution < 1.29 is 17.6 Å². The molecule has 1 fully saturated rings. The smallest absolute Gasteiger partial charge is 0.274 e. The van der Waals surface area contributed by atoms with Gasteiger partial charge in [0.15, 0.2) is 0 Å². The zero-order valence-corrected chi connectivity index (χ0v) is 13.8. The largest absolute Gasteiger partial charge is 0.452 e. The third-order valence-electron chi connectivity index (χ3n) is 4.15. The number of nitrogens with one attached hydrogen (secondary N) is 1. The molecule has 3 heterocycles. The summed E-state index contributed by atoms with van der Waals surface area (Å²) in [4.78, 5) is 4.39. The number of imidazole rings is 1. The average molecular weight is 339 g/mol. The fraction of sp³-hybridized carbons (Fsp3) is 0.533. The van der Waals surface area contributed by atoms with Gasteiger partial charge in [0, 0.05) is 32.2 Å². The Morgan fingerprint density at radius 3 is 2.87 bits per heavy atom. The van der Waals surface area contributed by atoms with E-state index in [0.717, 1.165) is 25.2 Å². The highest BCUT2D eigenvalue weighted by molar-refractivity contribution is 7.89. The maximum absolute atomic E-state index is 12.6. The van der Waals surface area contributed by atoms with Crippen molar-refractivity contribution in [2.75, 3.05) is 13.2 Å². The van der Waals surface area contributed by atoms with Crippen LogP contribution in [0.25, 0.3) is 0 Å². The number of ether oxygens (including phenoxy) is 1. The number of hydrogen-bond donors (Lipinski definition) is 1. The van der Waals surface area contributed by atoms with Crippen LogP contribution in [-0.4, -0.2) is 31.2 Å². The first-order valence-corrected chi connectivity index (χ1v) is 9.24. The molecule has 1 aliphatic heterocycles. The van der Waals surface area contributed by atoms with Crippen molar-refractivity contribution in [1.82, 2.24) is 14.3 Å². The molecule has 23 heavy (non-hydrogen) atoms. The lowest BCUT2D eigenvalue weighted by molar-refractivity contribution is 0.0550. The lowest BCUT2D eigenvalue weighted by Gasteiger charge is -2.30. The SMILES string of the molecule is CCn1ccnc1[C@H](NS(=O)(=O)c1ccco1)C1CCOCC1. The van der Waals surface area contributed by atoms with E-state index >= 15 is 0 Å². The molecule has 0 saturated carbocycles. The van der Waals surface area contributed by atoms with E-state index in [2.05, 4.69) is 9.71 Å². The third-order valence-corrected chi connectivity index (χ3v) is 5.47. The van der Waals surface area contributed by atoms with Crippen LogP contribution >= 0.6 is 0 Å². The second kappa shape index (κ2) is 6.86. The molecular weight excluding hydrogens is 318 g/mol. The minimum atomic E-state index is -3.73. The molecule has 8 heteroatoms. The van der Waals surface area contributed by atoms with Gasteiger partial charge >= 0.3 is 0 Å². The van der Waals surface area contributed by atoms with Gasteiger partial charge in [0.1, 0.15) is 5.82 Å². The predicted octanol–water partition coefficient (Wildman–Crippen LogP) is 1.94. The van der Waals surface area contributed by atoms with Gasteiger partial charge in [0.05, 0.1) is 12.3 Å². The van der Waals surface area contributed by atoms with Crippen LogP contribution in [0.1, 0.15) is 31.6 Å². The van der Waals surface area contributed by atoms with Gasteiger partial charge in [-0.1, -0.05) is 0 Å². The van der Waals surface area contributed by atoms with E-state index < -0.39 is 16.1 Å². The molecule has 1 atom stereocenters. The monoisotopic (exact) mass is 339 g/mol. The molecule has 1 N–H and O–H groups in total. The summed E-state index contributed by atoms with van der Waals surface area (Å²) in [7, 11) is -3.73. The second-order valence-corrected chi connectivity index (χ2v) is 7.20. The van der Waals surface area contributed by atoms with E-state index in [4.69, 9.17) is 9.15 Å². The maximum Gasteiger partial charge on any atom is 0.274 e. The molecule has 0 bridgehead atoms. The van der Waals surface area contributed by atoms with Crippen molar-refractivity contribution in [3.05, 3.63) is 36.6 Å². The van der Waals surface area contributed by atoms with Crippen molar-refractivity contribution in [1.29, 1.82) is 0 Å². The Hall–Kier alpha value is -1.64. The van der Waals surface area contributed by atoms with E-state index in [9.17, 15) is 8.42 Å². The van der Waals surface area contributed by atoms with E-state index in [1.54, 1.807) is 12.3 Å². The van der Waals surface area contributed by atoms with Gasteiger partial charge in [-0.2, -0.15) is 4.72 Å². The molecule has 1 aliphatic rings. The number of nitrogens with zero attached hydrogens (tertiary/aromatic N) is 2. The van der Waals surface area contributed by atoms with Crippen LogP contribution in [0.3, 0.4) is 0 Å². The fourth-order valence-electron chi connectivity index (χ4n) is 2.92. The summed E-state index contributed by atoms with van der Waals surface area (Å²) in [6.45, 7) is 4.01. The summed E-state index contributed by atoms with van der Waals surface area (Å²) in [6.07, 6.45) is 6.50. The summed E-state index contributed by atoms with van der Waals surface area (Å²) in [6, 6.07) is 2.60. The highest BCUT2D eigenvalue weighted by Crippen LogP contribution is 2.31. The number of sulfonamides is 1. The maximum atomic E-state index is 12.6. The summed E-state index contributed by atoms with van der Waals surface area (Å²) in [5.41, 5.74) is 0. The van der Waals surface area contributed by atoms with Gasteiger partial charge in [-0.15, -0.1) is 0 Å². The second-order valence-electron chi connectivity index (χ2n) is 5.55. The summed E-state index contributed by atoms with van der Waals surface area (Å²) < 4.78 is 40.3. The van der Waals surface area contributed by atoms with E-state index in [0.29, 0.717) is 13.2 Å². The van der Waals surface area contributed by atoms with Gasteiger partial charge in [-0.3, -0.25) is 0 Å². The van der Waals surface area contributed by atoms with Gasteiger partial charge in [0.2, 0.25) is 5.09 Å². The van der Waals surface area contributed by atoms with Gasteiger partial charge in [-0.05, 0) is 37.8 Å². The molecule has 2 aromatic heterocycles. The average Bonchev–Trinajstić information content (AvgIpc) is 3.25. The molecule has 7 nitrogen and oxygen atoms in total. The molecule has 2 aromatic rings. The highest BCUT2D eigenvalue weighted by Gasteiger charge is 2.33. The molecule has 3 rings (SSSR count). The number of rotatable bonds is 6. The minimum absolute atomic E-state index is 0.0795. The molecule has 126 valence electrons. The first-order valence-electron chi connectivity index (χ1n) is 7.76. The Kier molecular flexibility index (Phi) is 4.84. The fourth-order valence-corrected chi connectivity index (χ4v) is 4.11. The van der Waals surface area contributed by atoms with Crippen molar-refractivity contribution in [3.63, 3.8) is 0 Å². The predicted molar refractivity (Wildman–Crippen MR) is 83.2 cm³/mol. The Balaban J connectivity index is 1.92. The highest BCUT2D eigenvalue weighted by atomic mass is 32.2. The first kappa shape index (κ1) is 16.2. The number of furan rings is 1. The number of aromatic nitrogens is 2. The van der Waals surface area contributed by atoms with Crippen LogP contribution in [0.4, 0.5) is 0 Å².